The molecule has 0 aromatic carbocycles. The van der Waals surface area contributed by atoms with Crippen molar-refractivity contribution in [2.45, 2.75) is 335 Å². The highest BCUT2D eigenvalue weighted by Crippen LogP contribution is 2.17. The predicted molar refractivity (Wildman–Crippen MR) is 353 cm³/mol. The summed E-state index contributed by atoms with van der Waals surface area (Å²) >= 11 is 0. The molecule has 464 valence electrons. The first-order valence-corrected chi connectivity index (χ1v) is 34.4. The van der Waals surface area contributed by atoms with Crippen LogP contribution in [0.5, 0.6) is 0 Å². The van der Waals surface area contributed by atoms with Gasteiger partial charge in [0.05, 0.1) is 0 Å². The average Bonchev–Trinajstić information content (AvgIpc) is 3.47. The van der Waals surface area contributed by atoms with Gasteiger partial charge >= 0.3 is 17.9 Å². The van der Waals surface area contributed by atoms with Gasteiger partial charge in [-0.2, -0.15) is 0 Å². The van der Waals surface area contributed by atoms with Crippen LogP contribution in [-0.2, 0) is 28.6 Å². The van der Waals surface area contributed by atoms with E-state index in [9.17, 15) is 14.4 Å². The number of carbonyl (C=O) groups is 3. The Kier molecular flexibility index (Phi) is 65.2. The van der Waals surface area contributed by atoms with Crippen LogP contribution in [-0.4, -0.2) is 37.2 Å². The third kappa shape index (κ3) is 66.8. The van der Waals surface area contributed by atoms with Crippen molar-refractivity contribution in [2.75, 3.05) is 13.2 Å². The first-order chi connectivity index (χ1) is 40.0. The second-order valence-electron chi connectivity index (χ2n) is 22.7. The van der Waals surface area contributed by atoms with Gasteiger partial charge < -0.3 is 14.2 Å². The van der Waals surface area contributed by atoms with Crippen LogP contribution in [0.3, 0.4) is 0 Å². The average molecular weight is 1130 g/mol. The molecule has 6 heteroatoms. The van der Waals surface area contributed by atoms with Crippen molar-refractivity contribution in [3.63, 3.8) is 0 Å². The van der Waals surface area contributed by atoms with Crippen LogP contribution < -0.4 is 0 Å². The van der Waals surface area contributed by atoms with Crippen molar-refractivity contribution in [1.82, 2.24) is 0 Å². The standard InChI is InChI=1S/C75H128O6/c1-4-7-10-13-16-19-22-25-28-30-31-32-33-34-35-36-37-38-39-40-41-42-43-45-47-50-53-56-59-62-65-68-74(77)80-71-72(70-79-73(76)67-64-61-58-55-52-49-46-27-24-21-18-15-12-9-6-3)81-75(78)69-66-63-60-57-54-51-48-44-29-26-23-20-17-14-11-8-5-2/h7,9-10,12,16,18-19,21,25,27-28,31-32,34-35,46,52,55,72H,4-6,8,11,13-15,17,20,22-24,26,29-30,33,36-45,47-51,53-54,56-71H2,1-3H3/b10-7-,12-9-,19-16-,21-18-,28-25-,32-31-,35-34-,46-27-,55-52-. The van der Waals surface area contributed by atoms with Gasteiger partial charge in [0.1, 0.15) is 13.2 Å². The van der Waals surface area contributed by atoms with Gasteiger partial charge in [0, 0.05) is 19.3 Å². The van der Waals surface area contributed by atoms with Gasteiger partial charge in [-0.1, -0.05) is 316 Å². The van der Waals surface area contributed by atoms with Crippen LogP contribution in [0.4, 0.5) is 0 Å². The van der Waals surface area contributed by atoms with Crippen LogP contribution in [0.1, 0.15) is 329 Å². The fourth-order valence-corrected chi connectivity index (χ4v) is 9.70. The number of allylic oxidation sites excluding steroid dienone is 18. The Morgan fingerprint density at radius 1 is 0.259 bits per heavy atom. The summed E-state index contributed by atoms with van der Waals surface area (Å²) in [5.41, 5.74) is 0. The summed E-state index contributed by atoms with van der Waals surface area (Å²) in [4.78, 5) is 38.4. The van der Waals surface area contributed by atoms with Gasteiger partial charge in [-0.3, -0.25) is 14.4 Å². The van der Waals surface area contributed by atoms with Crippen LogP contribution in [0.15, 0.2) is 109 Å². The number of carbonyl (C=O) groups excluding carboxylic acids is 3. The van der Waals surface area contributed by atoms with Gasteiger partial charge in [-0.05, 0) is 103 Å². The predicted octanol–water partition coefficient (Wildman–Crippen LogP) is 23.8. The molecule has 0 radical (unpaired) electrons. The van der Waals surface area contributed by atoms with E-state index in [1.807, 2.05) is 0 Å². The van der Waals surface area contributed by atoms with E-state index < -0.39 is 6.10 Å². The smallest absolute Gasteiger partial charge is 0.306 e. The summed E-state index contributed by atoms with van der Waals surface area (Å²) in [6, 6.07) is 0. The normalized spacial score (nSPS) is 12.8. The zero-order valence-corrected chi connectivity index (χ0v) is 53.3. The van der Waals surface area contributed by atoms with Gasteiger partial charge in [0.15, 0.2) is 6.10 Å². The van der Waals surface area contributed by atoms with E-state index in [1.165, 1.54) is 173 Å². The number of esters is 3. The Labute approximate surface area is 501 Å². The van der Waals surface area contributed by atoms with E-state index in [0.717, 1.165) is 116 Å². The number of unbranched alkanes of at least 4 members (excludes halogenated alkanes) is 33. The molecular formula is C75H128O6. The molecule has 0 rings (SSSR count). The molecule has 81 heavy (non-hydrogen) atoms. The molecule has 0 amide bonds. The van der Waals surface area contributed by atoms with Crippen molar-refractivity contribution in [3.8, 4) is 0 Å². The molecule has 0 bridgehead atoms. The van der Waals surface area contributed by atoms with Crippen LogP contribution in [0, 0.1) is 0 Å². The second-order valence-corrected chi connectivity index (χ2v) is 22.7. The maximum absolute atomic E-state index is 12.9. The minimum absolute atomic E-state index is 0.0881. The number of ether oxygens (including phenoxy) is 3. The number of hydrogen-bond donors (Lipinski definition) is 0. The molecule has 0 aliphatic carbocycles. The van der Waals surface area contributed by atoms with Gasteiger partial charge in [-0.15, -0.1) is 0 Å². The lowest BCUT2D eigenvalue weighted by Gasteiger charge is -2.18. The van der Waals surface area contributed by atoms with Crippen LogP contribution in [0.2, 0.25) is 0 Å². The fourth-order valence-electron chi connectivity index (χ4n) is 9.70. The van der Waals surface area contributed by atoms with Crippen molar-refractivity contribution >= 4 is 17.9 Å². The molecule has 0 heterocycles. The fraction of sp³-hybridized carbons (Fsp3) is 0.720. The third-order valence-corrected chi connectivity index (χ3v) is 14.8. The molecule has 0 aromatic heterocycles. The largest absolute Gasteiger partial charge is 0.462 e. The second kappa shape index (κ2) is 68.6. The maximum atomic E-state index is 12.9. The summed E-state index contributed by atoms with van der Waals surface area (Å²) in [6.07, 6.45) is 94.0. The van der Waals surface area contributed by atoms with Crippen molar-refractivity contribution in [2.24, 2.45) is 0 Å². The third-order valence-electron chi connectivity index (χ3n) is 14.8. The van der Waals surface area contributed by atoms with Crippen molar-refractivity contribution in [3.05, 3.63) is 109 Å². The Morgan fingerprint density at radius 2 is 0.481 bits per heavy atom. The minimum atomic E-state index is -0.795. The first kappa shape index (κ1) is 77.1. The lowest BCUT2D eigenvalue weighted by molar-refractivity contribution is -0.167. The summed E-state index contributed by atoms with van der Waals surface area (Å²) in [5, 5.41) is 0. The molecule has 0 aliphatic rings. The molecule has 1 unspecified atom stereocenters. The molecule has 0 saturated carbocycles. The molecule has 0 fully saturated rings. The summed E-state index contributed by atoms with van der Waals surface area (Å²) in [6.45, 7) is 6.41. The van der Waals surface area contributed by atoms with Crippen LogP contribution in [0.25, 0.3) is 0 Å². The topological polar surface area (TPSA) is 78.9 Å². The van der Waals surface area contributed by atoms with E-state index >= 15 is 0 Å². The maximum Gasteiger partial charge on any atom is 0.306 e. The lowest BCUT2D eigenvalue weighted by Crippen LogP contribution is -2.30. The molecule has 6 nitrogen and oxygen atoms in total. The van der Waals surface area contributed by atoms with E-state index in [2.05, 4.69) is 130 Å². The zero-order valence-electron chi connectivity index (χ0n) is 53.3. The highest BCUT2D eigenvalue weighted by molar-refractivity contribution is 5.71. The Balaban J connectivity index is 4.26. The first-order valence-electron chi connectivity index (χ1n) is 34.4. The summed E-state index contributed by atoms with van der Waals surface area (Å²) < 4.78 is 16.9. The SMILES string of the molecule is CC/C=C\C/C=C\C/C=C\C/C=C\C/C=C\CCCCCCCCCCCCCCCCCC(=O)OCC(COC(=O)CCCC/C=C\C/C=C\C/C=C\C/C=C\CC)OC(=O)CCCCCCCCCCCCCCCCCCC. The quantitative estimate of drug-likeness (QED) is 0.0261. The molecular weight excluding hydrogens is 997 g/mol. The Morgan fingerprint density at radius 3 is 0.778 bits per heavy atom. The summed E-state index contributed by atoms with van der Waals surface area (Å²) in [5.74, 6) is -0.917. The van der Waals surface area contributed by atoms with Crippen molar-refractivity contribution < 1.29 is 28.6 Å². The lowest BCUT2D eigenvalue weighted by atomic mass is 10.0. The van der Waals surface area contributed by atoms with E-state index in [1.54, 1.807) is 0 Å². The highest BCUT2D eigenvalue weighted by Gasteiger charge is 2.19. The van der Waals surface area contributed by atoms with Gasteiger partial charge in [-0.25, -0.2) is 0 Å². The van der Waals surface area contributed by atoms with E-state index in [0.29, 0.717) is 19.3 Å². The molecule has 0 N–H and O–H groups in total. The van der Waals surface area contributed by atoms with Crippen molar-refractivity contribution in [1.29, 1.82) is 0 Å². The number of rotatable bonds is 62. The Hall–Kier alpha value is -3.93. The monoisotopic (exact) mass is 1120 g/mol. The van der Waals surface area contributed by atoms with Gasteiger partial charge in [0.2, 0.25) is 0 Å². The van der Waals surface area contributed by atoms with Crippen LogP contribution >= 0.6 is 0 Å². The molecule has 0 aliphatic heterocycles. The molecule has 0 aromatic rings. The molecule has 1 atom stereocenters. The Bertz CT molecular complexity index is 1620. The highest BCUT2D eigenvalue weighted by atomic mass is 16.6. The molecule has 0 saturated heterocycles. The molecule has 0 spiro atoms. The van der Waals surface area contributed by atoms with E-state index in [4.69, 9.17) is 14.2 Å². The van der Waals surface area contributed by atoms with Gasteiger partial charge in [0.25, 0.3) is 0 Å². The zero-order chi connectivity index (χ0) is 58.5. The summed E-state index contributed by atoms with van der Waals surface area (Å²) in [7, 11) is 0. The number of hydrogen-bond acceptors (Lipinski definition) is 6. The van der Waals surface area contributed by atoms with E-state index in [-0.39, 0.29) is 31.1 Å². The minimum Gasteiger partial charge on any atom is -0.462 e.